The average Bonchev–Trinajstić information content (AvgIpc) is 2.27. The second-order valence-electron chi connectivity index (χ2n) is 5.48. The third-order valence-electron chi connectivity index (χ3n) is 2.27. The van der Waals surface area contributed by atoms with Crippen molar-refractivity contribution in [3.05, 3.63) is 29.8 Å². The van der Waals surface area contributed by atoms with Gasteiger partial charge in [0.05, 0.1) is 18.0 Å². The Morgan fingerprint density at radius 3 is 2.26 bits per heavy atom. The standard InChI is InChI=1S/C14H19ClO3.Na/c1-14(2,3)9-18-11-6-4-10(5-7-11)8-12(15)13(16)17;/h4-7,12H,8-9H2,1-3H3,(H,16,17);/q;+1/p-1. The van der Waals surface area contributed by atoms with Crippen molar-refractivity contribution in [1.82, 2.24) is 0 Å². The van der Waals surface area contributed by atoms with E-state index in [1.807, 2.05) is 24.3 Å². The van der Waals surface area contributed by atoms with Crippen LogP contribution in [0.1, 0.15) is 26.3 Å². The van der Waals surface area contributed by atoms with Gasteiger partial charge in [0.15, 0.2) is 0 Å². The van der Waals surface area contributed by atoms with Gasteiger partial charge >= 0.3 is 29.6 Å². The molecule has 0 aliphatic carbocycles. The van der Waals surface area contributed by atoms with E-state index in [0.717, 1.165) is 11.3 Å². The van der Waals surface area contributed by atoms with Crippen molar-refractivity contribution in [3.63, 3.8) is 0 Å². The van der Waals surface area contributed by atoms with Crippen LogP contribution in [0.2, 0.25) is 0 Å². The predicted molar refractivity (Wildman–Crippen MR) is 69.7 cm³/mol. The summed E-state index contributed by atoms with van der Waals surface area (Å²) in [5.74, 6) is -0.474. The first-order valence-corrected chi connectivity index (χ1v) is 6.28. The van der Waals surface area contributed by atoms with Gasteiger partial charge in [-0.1, -0.05) is 32.9 Å². The zero-order chi connectivity index (χ0) is 13.8. The number of carboxylic acids is 1. The van der Waals surface area contributed by atoms with Crippen molar-refractivity contribution >= 4 is 17.6 Å². The van der Waals surface area contributed by atoms with Gasteiger partial charge < -0.3 is 14.6 Å². The van der Waals surface area contributed by atoms with Crippen molar-refractivity contribution in [2.45, 2.75) is 32.6 Å². The van der Waals surface area contributed by atoms with Gasteiger partial charge in [0.1, 0.15) is 5.75 Å². The SMILES string of the molecule is CC(C)(C)COc1ccc(CC(Cl)C(=O)[O-])cc1.[Na+]. The maximum Gasteiger partial charge on any atom is 1.00 e. The molecule has 0 radical (unpaired) electrons. The monoisotopic (exact) mass is 292 g/mol. The molecular formula is C14H18ClNaO3. The van der Waals surface area contributed by atoms with Crippen LogP contribution in [0.3, 0.4) is 0 Å². The van der Waals surface area contributed by atoms with Gasteiger partial charge in [-0.05, 0) is 29.5 Å². The van der Waals surface area contributed by atoms with Gasteiger partial charge in [0.2, 0.25) is 0 Å². The first kappa shape index (κ1) is 18.8. The van der Waals surface area contributed by atoms with Crippen molar-refractivity contribution < 1.29 is 44.2 Å². The van der Waals surface area contributed by atoms with Crippen molar-refractivity contribution in [1.29, 1.82) is 0 Å². The summed E-state index contributed by atoms with van der Waals surface area (Å²) in [6.07, 6.45) is 0.253. The van der Waals surface area contributed by atoms with Crippen LogP contribution in [-0.2, 0) is 11.2 Å². The van der Waals surface area contributed by atoms with Crippen LogP contribution in [0, 0.1) is 5.41 Å². The number of benzene rings is 1. The fourth-order valence-electron chi connectivity index (χ4n) is 1.31. The molecule has 0 aliphatic heterocycles. The zero-order valence-electron chi connectivity index (χ0n) is 11.9. The van der Waals surface area contributed by atoms with Crippen LogP contribution >= 0.6 is 11.6 Å². The summed E-state index contributed by atoms with van der Waals surface area (Å²) in [5, 5.41) is 9.52. The number of carbonyl (C=O) groups is 1. The Kier molecular flexibility index (Phi) is 8.06. The molecule has 0 spiro atoms. The summed E-state index contributed by atoms with van der Waals surface area (Å²) in [7, 11) is 0. The van der Waals surface area contributed by atoms with Crippen molar-refractivity contribution in [2.75, 3.05) is 6.61 Å². The normalized spacial score (nSPS) is 12.4. The molecule has 5 heteroatoms. The Bertz CT molecular complexity index is 398. The Morgan fingerprint density at radius 2 is 1.84 bits per heavy atom. The van der Waals surface area contributed by atoms with E-state index in [1.165, 1.54) is 0 Å². The molecule has 1 rings (SSSR count). The first-order valence-electron chi connectivity index (χ1n) is 5.84. The molecule has 0 amide bonds. The molecule has 1 aromatic carbocycles. The molecular weight excluding hydrogens is 275 g/mol. The van der Waals surface area contributed by atoms with E-state index in [2.05, 4.69) is 20.8 Å². The van der Waals surface area contributed by atoms with Crippen LogP contribution in [0.4, 0.5) is 0 Å². The van der Waals surface area contributed by atoms with Gasteiger partial charge in [0.25, 0.3) is 0 Å². The topological polar surface area (TPSA) is 49.4 Å². The average molecular weight is 293 g/mol. The molecule has 0 heterocycles. The Morgan fingerprint density at radius 1 is 1.32 bits per heavy atom. The minimum absolute atomic E-state index is 0. The summed E-state index contributed by atoms with van der Waals surface area (Å²) < 4.78 is 5.62. The molecule has 0 saturated carbocycles. The molecule has 0 saturated heterocycles. The second-order valence-corrected chi connectivity index (χ2v) is 6.01. The number of hydrogen-bond acceptors (Lipinski definition) is 3. The fraction of sp³-hybridized carbons (Fsp3) is 0.500. The molecule has 0 aliphatic rings. The van der Waals surface area contributed by atoms with Gasteiger partial charge in [-0.25, -0.2) is 0 Å². The fourth-order valence-corrected chi connectivity index (χ4v) is 1.49. The molecule has 1 atom stereocenters. The van der Waals surface area contributed by atoms with Crippen LogP contribution in [0.25, 0.3) is 0 Å². The molecule has 0 bridgehead atoms. The number of rotatable bonds is 5. The van der Waals surface area contributed by atoms with Crippen molar-refractivity contribution in [3.8, 4) is 5.75 Å². The third kappa shape index (κ3) is 7.83. The van der Waals surface area contributed by atoms with E-state index >= 15 is 0 Å². The molecule has 1 aromatic rings. The van der Waals surface area contributed by atoms with E-state index < -0.39 is 11.3 Å². The number of halogens is 1. The number of ether oxygens (including phenoxy) is 1. The quantitative estimate of drug-likeness (QED) is 0.517. The Balaban J connectivity index is 0.00000324. The smallest absolute Gasteiger partial charge is 0.549 e. The Labute approximate surface area is 141 Å². The minimum atomic E-state index is -1.25. The number of hydrogen-bond donors (Lipinski definition) is 0. The summed E-state index contributed by atoms with van der Waals surface area (Å²) in [6, 6.07) is 7.27. The van der Waals surface area contributed by atoms with Crippen LogP contribution < -0.4 is 39.4 Å². The predicted octanol–water partition coefficient (Wildman–Crippen LogP) is -0.985. The van der Waals surface area contributed by atoms with Gasteiger partial charge in [-0.15, -0.1) is 11.6 Å². The maximum absolute atomic E-state index is 10.5. The molecule has 3 nitrogen and oxygen atoms in total. The molecule has 0 aromatic heterocycles. The molecule has 19 heavy (non-hydrogen) atoms. The molecule has 1 unspecified atom stereocenters. The summed E-state index contributed by atoms with van der Waals surface area (Å²) in [4.78, 5) is 10.5. The Hall–Kier alpha value is -0.220. The van der Waals surface area contributed by atoms with E-state index in [0.29, 0.717) is 6.61 Å². The van der Waals surface area contributed by atoms with E-state index in [1.54, 1.807) is 0 Å². The van der Waals surface area contributed by atoms with E-state index in [9.17, 15) is 9.90 Å². The van der Waals surface area contributed by atoms with E-state index in [4.69, 9.17) is 16.3 Å². The molecule has 0 fully saturated rings. The second kappa shape index (κ2) is 8.15. The number of alkyl halides is 1. The first-order chi connectivity index (χ1) is 8.28. The van der Waals surface area contributed by atoms with Gasteiger partial charge in [0, 0.05) is 0 Å². The van der Waals surface area contributed by atoms with Crippen molar-refractivity contribution in [2.24, 2.45) is 5.41 Å². The largest absolute Gasteiger partial charge is 1.00 e. The zero-order valence-corrected chi connectivity index (χ0v) is 14.7. The number of carbonyl (C=O) groups excluding carboxylic acids is 1. The van der Waals surface area contributed by atoms with E-state index in [-0.39, 0.29) is 41.4 Å². The third-order valence-corrected chi connectivity index (χ3v) is 2.60. The van der Waals surface area contributed by atoms with Crippen LogP contribution in [0.15, 0.2) is 24.3 Å². The molecule has 0 N–H and O–H groups in total. The van der Waals surface area contributed by atoms with Crippen LogP contribution in [0.5, 0.6) is 5.75 Å². The summed E-state index contributed by atoms with van der Waals surface area (Å²) in [5.41, 5.74) is 0.955. The summed E-state index contributed by atoms with van der Waals surface area (Å²) in [6.45, 7) is 6.92. The summed E-state index contributed by atoms with van der Waals surface area (Å²) >= 11 is 5.62. The van der Waals surface area contributed by atoms with Gasteiger partial charge in [-0.2, -0.15) is 0 Å². The number of aliphatic carboxylic acids is 1. The number of carboxylic acid groups (broad SMARTS) is 1. The molecule has 100 valence electrons. The van der Waals surface area contributed by atoms with Gasteiger partial charge in [-0.3, -0.25) is 0 Å². The maximum atomic E-state index is 10.5. The van der Waals surface area contributed by atoms with Crippen LogP contribution in [-0.4, -0.2) is 18.0 Å². The minimum Gasteiger partial charge on any atom is -0.549 e.